The zero-order chi connectivity index (χ0) is 11.4. The molecule has 0 fully saturated rings. The number of aliphatic carboxylic acids is 1. The Hall–Kier alpha value is -1.92. The van der Waals surface area contributed by atoms with Crippen molar-refractivity contribution in [2.75, 3.05) is 5.43 Å². The predicted molar refractivity (Wildman–Crippen MR) is 52.2 cm³/mol. The van der Waals surface area contributed by atoms with Crippen molar-refractivity contribution in [3.63, 3.8) is 0 Å². The number of aliphatic hydroxyl groups excluding tert-OH is 1. The summed E-state index contributed by atoms with van der Waals surface area (Å²) in [4.78, 5) is 21.1. The zero-order valence-corrected chi connectivity index (χ0v) is 7.68. The molecule has 0 spiro atoms. The minimum atomic E-state index is -1.74. The molecule has 80 valence electrons. The monoisotopic (exact) mass is 210 g/mol. The van der Waals surface area contributed by atoms with Crippen molar-refractivity contribution < 1.29 is 19.8 Å². The number of hydrogen-bond donors (Lipinski definition) is 4. The van der Waals surface area contributed by atoms with E-state index in [1.54, 1.807) is 0 Å². The number of benzene rings is 1. The van der Waals surface area contributed by atoms with Crippen molar-refractivity contribution >= 4 is 17.9 Å². The van der Waals surface area contributed by atoms with Crippen LogP contribution in [-0.2, 0) is 4.79 Å². The highest BCUT2D eigenvalue weighted by Gasteiger charge is 2.19. The molecule has 1 unspecified atom stereocenters. The SMILES string of the molecule is NNc1ccc(C=O)c(C(O)C(=O)O)c1. The first-order chi connectivity index (χ1) is 7.10. The second-order valence-electron chi connectivity index (χ2n) is 2.85. The van der Waals surface area contributed by atoms with Gasteiger partial charge in [0.25, 0.3) is 0 Å². The molecule has 6 nitrogen and oxygen atoms in total. The number of nitrogens with two attached hydrogens (primary N) is 1. The third-order valence-corrected chi connectivity index (χ3v) is 1.91. The van der Waals surface area contributed by atoms with Gasteiger partial charge in [-0.3, -0.25) is 10.6 Å². The quantitative estimate of drug-likeness (QED) is 0.313. The minimum absolute atomic E-state index is 0.00736. The van der Waals surface area contributed by atoms with Gasteiger partial charge in [0.05, 0.1) is 0 Å². The third kappa shape index (κ3) is 2.30. The van der Waals surface area contributed by atoms with Gasteiger partial charge < -0.3 is 15.6 Å². The molecule has 0 radical (unpaired) electrons. The summed E-state index contributed by atoms with van der Waals surface area (Å²) in [6, 6.07) is 4.19. The first kappa shape index (κ1) is 11.2. The Balaban J connectivity index is 3.22. The van der Waals surface area contributed by atoms with Crippen LogP contribution < -0.4 is 11.3 Å². The Morgan fingerprint density at radius 2 is 2.20 bits per heavy atom. The molecule has 0 aliphatic heterocycles. The summed E-state index contributed by atoms with van der Waals surface area (Å²) >= 11 is 0. The van der Waals surface area contributed by atoms with E-state index < -0.39 is 12.1 Å². The van der Waals surface area contributed by atoms with Crippen LogP contribution in [0, 0.1) is 0 Å². The van der Waals surface area contributed by atoms with Gasteiger partial charge in [-0.25, -0.2) is 4.79 Å². The van der Waals surface area contributed by atoms with Crippen molar-refractivity contribution in [1.29, 1.82) is 0 Å². The molecule has 0 aromatic heterocycles. The van der Waals surface area contributed by atoms with Gasteiger partial charge in [-0.05, 0) is 18.2 Å². The molecule has 0 aliphatic rings. The lowest BCUT2D eigenvalue weighted by Crippen LogP contribution is -2.14. The van der Waals surface area contributed by atoms with E-state index in [-0.39, 0.29) is 11.1 Å². The van der Waals surface area contributed by atoms with Gasteiger partial charge >= 0.3 is 5.97 Å². The smallest absolute Gasteiger partial charge is 0.337 e. The van der Waals surface area contributed by atoms with Gasteiger partial charge in [-0.1, -0.05) is 0 Å². The summed E-state index contributed by atoms with van der Waals surface area (Å²) in [6.07, 6.45) is -1.26. The number of carbonyl (C=O) groups excluding carboxylic acids is 1. The number of hydrogen-bond acceptors (Lipinski definition) is 5. The predicted octanol–water partition coefficient (Wildman–Crippen LogP) is -0.0973. The Morgan fingerprint density at radius 1 is 1.53 bits per heavy atom. The van der Waals surface area contributed by atoms with Gasteiger partial charge in [0.1, 0.15) is 6.29 Å². The third-order valence-electron chi connectivity index (χ3n) is 1.91. The molecular weight excluding hydrogens is 200 g/mol. The number of rotatable bonds is 4. The lowest BCUT2D eigenvalue weighted by Gasteiger charge is -2.10. The number of nitrogen functional groups attached to an aromatic ring is 1. The average Bonchev–Trinajstić information content (AvgIpc) is 2.27. The largest absolute Gasteiger partial charge is 0.479 e. The van der Waals surface area contributed by atoms with E-state index in [4.69, 9.17) is 10.9 Å². The van der Waals surface area contributed by atoms with Crippen LogP contribution in [0.4, 0.5) is 5.69 Å². The van der Waals surface area contributed by atoms with Gasteiger partial charge in [0, 0.05) is 16.8 Å². The molecule has 0 saturated heterocycles. The van der Waals surface area contributed by atoms with Crippen LogP contribution in [0.15, 0.2) is 18.2 Å². The van der Waals surface area contributed by atoms with Crippen molar-refractivity contribution in [2.24, 2.45) is 5.84 Å². The highest BCUT2D eigenvalue weighted by molar-refractivity contribution is 5.84. The van der Waals surface area contributed by atoms with Crippen LogP contribution in [0.1, 0.15) is 22.0 Å². The molecular formula is C9H10N2O4. The lowest BCUT2D eigenvalue weighted by atomic mass is 10.0. The number of nitrogens with one attached hydrogen (secondary N) is 1. The van der Waals surface area contributed by atoms with Crippen molar-refractivity contribution in [1.82, 2.24) is 0 Å². The highest BCUT2D eigenvalue weighted by Crippen LogP contribution is 2.21. The summed E-state index contributed by atoms with van der Waals surface area (Å²) < 4.78 is 0. The molecule has 1 aromatic rings. The molecule has 0 aliphatic carbocycles. The van der Waals surface area contributed by atoms with Gasteiger partial charge in [-0.2, -0.15) is 0 Å². The first-order valence-electron chi connectivity index (χ1n) is 4.06. The molecule has 15 heavy (non-hydrogen) atoms. The maximum absolute atomic E-state index is 10.6. The maximum Gasteiger partial charge on any atom is 0.337 e. The van der Waals surface area contributed by atoms with Crippen LogP contribution >= 0.6 is 0 Å². The molecule has 1 rings (SSSR count). The summed E-state index contributed by atoms with van der Waals surface area (Å²) in [5.41, 5.74) is 2.83. The molecule has 1 atom stereocenters. The van der Waals surface area contributed by atoms with E-state index in [0.29, 0.717) is 12.0 Å². The van der Waals surface area contributed by atoms with Crippen LogP contribution in [0.2, 0.25) is 0 Å². The molecule has 0 bridgehead atoms. The Morgan fingerprint density at radius 3 is 2.67 bits per heavy atom. The van der Waals surface area contributed by atoms with E-state index in [9.17, 15) is 14.7 Å². The van der Waals surface area contributed by atoms with Crippen LogP contribution in [-0.4, -0.2) is 22.5 Å². The molecule has 6 heteroatoms. The van der Waals surface area contributed by atoms with Crippen molar-refractivity contribution in [3.8, 4) is 0 Å². The van der Waals surface area contributed by atoms with Crippen molar-refractivity contribution in [3.05, 3.63) is 29.3 Å². The van der Waals surface area contributed by atoms with Crippen LogP contribution in [0.3, 0.4) is 0 Å². The second kappa shape index (κ2) is 4.54. The Labute approximate surface area is 85.3 Å². The van der Waals surface area contributed by atoms with E-state index in [1.165, 1.54) is 18.2 Å². The summed E-state index contributed by atoms with van der Waals surface area (Å²) in [7, 11) is 0. The number of carbonyl (C=O) groups is 2. The lowest BCUT2D eigenvalue weighted by molar-refractivity contribution is -0.146. The highest BCUT2D eigenvalue weighted by atomic mass is 16.4. The van der Waals surface area contributed by atoms with E-state index in [0.717, 1.165) is 0 Å². The van der Waals surface area contributed by atoms with Gasteiger partial charge in [-0.15, -0.1) is 0 Å². The van der Waals surface area contributed by atoms with Gasteiger partial charge in [0.2, 0.25) is 0 Å². The number of aliphatic hydroxyl groups is 1. The standard InChI is InChI=1S/C9H10N2O4/c10-11-6-2-1-5(4-12)7(3-6)8(13)9(14)15/h1-4,8,11,13H,10H2,(H,14,15). The number of carboxylic acids is 1. The van der Waals surface area contributed by atoms with Gasteiger partial charge in [0.15, 0.2) is 6.10 Å². The van der Waals surface area contributed by atoms with E-state index >= 15 is 0 Å². The fraction of sp³-hybridized carbons (Fsp3) is 0.111. The molecule has 1 aromatic carbocycles. The zero-order valence-electron chi connectivity index (χ0n) is 7.68. The summed E-state index contributed by atoms with van der Waals surface area (Å²) in [5.74, 6) is 3.70. The molecule has 0 saturated carbocycles. The van der Waals surface area contributed by atoms with E-state index in [2.05, 4.69) is 5.43 Å². The normalized spacial score (nSPS) is 11.9. The minimum Gasteiger partial charge on any atom is -0.479 e. The number of hydrazine groups is 1. The fourth-order valence-corrected chi connectivity index (χ4v) is 1.14. The molecule has 0 heterocycles. The number of anilines is 1. The maximum atomic E-state index is 10.6. The Bertz CT molecular complexity index is 392. The average molecular weight is 210 g/mol. The van der Waals surface area contributed by atoms with E-state index in [1.807, 2.05) is 0 Å². The van der Waals surface area contributed by atoms with Crippen molar-refractivity contribution in [2.45, 2.75) is 6.10 Å². The Kier molecular flexibility index (Phi) is 3.37. The topological polar surface area (TPSA) is 113 Å². The van der Waals surface area contributed by atoms with Crippen LogP contribution in [0.25, 0.3) is 0 Å². The number of aldehydes is 1. The molecule has 5 N–H and O–H groups in total. The summed E-state index contributed by atoms with van der Waals surface area (Å²) in [6.45, 7) is 0. The molecule has 0 amide bonds. The first-order valence-corrected chi connectivity index (χ1v) is 4.06. The summed E-state index contributed by atoms with van der Waals surface area (Å²) in [5, 5.41) is 17.9. The second-order valence-corrected chi connectivity index (χ2v) is 2.85. The fourth-order valence-electron chi connectivity index (χ4n) is 1.14. The van der Waals surface area contributed by atoms with Crippen LogP contribution in [0.5, 0.6) is 0 Å². The number of carboxylic acid groups (broad SMARTS) is 1.